The number of nitrogens with zero attached hydrogens (tertiary/aromatic N) is 3. The fourth-order valence-corrected chi connectivity index (χ4v) is 1.96. The van der Waals surface area contributed by atoms with E-state index in [-0.39, 0.29) is 0 Å². The fraction of sp³-hybridized carbons (Fsp3) is 0.455. The van der Waals surface area contributed by atoms with Crippen LogP contribution in [0.4, 0.5) is 5.69 Å². The first kappa shape index (κ1) is 8.71. The molecule has 1 aliphatic carbocycles. The van der Waals surface area contributed by atoms with E-state index in [0.717, 1.165) is 17.2 Å². The zero-order valence-electron chi connectivity index (χ0n) is 8.77. The molecule has 0 radical (unpaired) electrons. The van der Waals surface area contributed by atoms with Gasteiger partial charge < -0.3 is 5.73 Å². The Morgan fingerprint density at radius 2 is 2.20 bits per heavy atom. The monoisotopic (exact) mass is 202 g/mol. The Morgan fingerprint density at radius 3 is 2.80 bits per heavy atom. The number of pyridine rings is 1. The van der Waals surface area contributed by atoms with Crippen LogP contribution in [0, 0.1) is 6.92 Å². The van der Waals surface area contributed by atoms with Gasteiger partial charge in [-0.1, -0.05) is 6.42 Å². The van der Waals surface area contributed by atoms with E-state index in [9.17, 15) is 0 Å². The normalized spacial score (nSPS) is 16.9. The van der Waals surface area contributed by atoms with Crippen molar-refractivity contribution in [2.45, 2.75) is 32.1 Å². The summed E-state index contributed by atoms with van der Waals surface area (Å²) in [6, 6.07) is 3.87. The number of fused-ring (bicyclic) bond motifs is 1. The topological polar surface area (TPSA) is 56.2 Å². The van der Waals surface area contributed by atoms with Crippen LogP contribution in [0.2, 0.25) is 0 Å². The number of aromatic nitrogens is 3. The van der Waals surface area contributed by atoms with Crippen molar-refractivity contribution in [3.8, 4) is 0 Å². The van der Waals surface area contributed by atoms with Gasteiger partial charge in [-0.15, -0.1) is 0 Å². The number of hydrogen-bond donors (Lipinski definition) is 1. The van der Waals surface area contributed by atoms with Crippen molar-refractivity contribution in [3.63, 3.8) is 0 Å². The molecule has 1 aliphatic rings. The lowest BCUT2D eigenvalue weighted by atomic mass is 9.85. The van der Waals surface area contributed by atoms with E-state index in [4.69, 9.17) is 5.73 Å². The molecule has 2 N–H and O–H groups in total. The Hall–Kier alpha value is -1.58. The number of rotatable bonds is 1. The third kappa shape index (κ3) is 1.21. The molecule has 0 bridgehead atoms. The van der Waals surface area contributed by atoms with Crippen LogP contribution >= 0.6 is 0 Å². The van der Waals surface area contributed by atoms with Crippen molar-refractivity contribution in [1.82, 2.24) is 14.6 Å². The second-order valence-corrected chi connectivity index (χ2v) is 4.26. The summed E-state index contributed by atoms with van der Waals surface area (Å²) in [7, 11) is 0. The lowest BCUT2D eigenvalue weighted by Crippen LogP contribution is -2.10. The Labute approximate surface area is 88.1 Å². The molecule has 3 rings (SSSR count). The van der Waals surface area contributed by atoms with Gasteiger partial charge >= 0.3 is 0 Å². The Kier molecular flexibility index (Phi) is 1.71. The number of nitrogen functional groups attached to an aromatic ring is 1. The average Bonchev–Trinajstić information content (AvgIpc) is 2.54. The molecule has 0 spiro atoms. The van der Waals surface area contributed by atoms with E-state index in [0.29, 0.717) is 11.6 Å². The van der Waals surface area contributed by atoms with Crippen LogP contribution in [0.25, 0.3) is 5.65 Å². The molecular formula is C11H14N4. The SMILES string of the molecule is Cc1ccc(N)c2nc(C3CCC3)nn12. The molecule has 0 unspecified atom stereocenters. The van der Waals surface area contributed by atoms with Crippen LogP contribution in [-0.2, 0) is 0 Å². The second-order valence-electron chi connectivity index (χ2n) is 4.26. The van der Waals surface area contributed by atoms with Gasteiger partial charge in [0.05, 0.1) is 5.69 Å². The predicted octanol–water partition coefficient (Wildman–Crippen LogP) is 1.89. The van der Waals surface area contributed by atoms with E-state index >= 15 is 0 Å². The van der Waals surface area contributed by atoms with Gasteiger partial charge in [0.15, 0.2) is 11.5 Å². The Balaban J connectivity index is 2.19. The number of nitrogens with two attached hydrogens (primary N) is 1. The van der Waals surface area contributed by atoms with Crippen LogP contribution in [0.5, 0.6) is 0 Å². The summed E-state index contributed by atoms with van der Waals surface area (Å²) < 4.78 is 1.85. The number of aryl methyl sites for hydroxylation is 1. The van der Waals surface area contributed by atoms with Crippen molar-refractivity contribution in [2.24, 2.45) is 0 Å². The highest BCUT2D eigenvalue weighted by molar-refractivity contribution is 5.64. The van der Waals surface area contributed by atoms with E-state index in [1.807, 2.05) is 23.6 Å². The summed E-state index contributed by atoms with van der Waals surface area (Å²) in [6.07, 6.45) is 3.74. The first-order valence-corrected chi connectivity index (χ1v) is 5.37. The van der Waals surface area contributed by atoms with Crippen molar-refractivity contribution >= 4 is 11.3 Å². The van der Waals surface area contributed by atoms with Gasteiger partial charge in [0.25, 0.3) is 0 Å². The third-order valence-corrected chi connectivity index (χ3v) is 3.19. The van der Waals surface area contributed by atoms with Crippen LogP contribution < -0.4 is 5.73 Å². The molecule has 4 heteroatoms. The van der Waals surface area contributed by atoms with Gasteiger partial charge in [-0.25, -0.2) is 9.50 Å². The molecule has 2 aromatic rings. The molecule has 1 saturated carbocycles. The zero-order chi connectivity index (χ0) is 10.4. The van der Waals surface area contributed by atoms with Crippen molar-refractivity contribution in [1.29, 1.82) is 0 Å². The minimum Gasteiger partial charge on any atom is -0.396 e. The molecular weight excluding hydrogens is 188 g/mol. The highest BCUT2D eigenvalue weighted by atomic mass is 15.3. The predicted molar refractivity (Wildman–Crippen MR) is 58.7 cm³/mol. The quantitative estimate of drug-likeness (QED) is 0.768. The van der Waals surface area contributed by atoms with Gasteiger partial charge in [-0.2, -0.15) is 5.10 Å². The van der Waals surface area contributed by atoms with Crippen molar-refractivity contribution in [2.75, 3.05) is 5.73 Å². The summed E-state index contributed by atoms with van der Waals surface area (Å²) in [5.74, 6) is 1.52. The largest absolute Gasteiger partial charge is 0.396 e. The van der Waals surface area contributed by atoms with E-state index in [1.54, 1.807) is 0 Å². The minimum atomic E-state index is 0.559. The maximum absolute atomic E-state index is 5.87. The lowest BCUT2D eigenvalue weighted by Gasteiger charge is -2.21. The van der Waals surface area contributed by atoms with Gasteiger partial charge in [0.2, 0.25) is 0 Å². The smallest absolute Gasteiger partial charge is 0.178 e. The van der Waals surface area contributed by atoms with Gasteiger partial charge in [0, 0.05) is 11.6 Å². The summed E-state index contributed by atoms with van der Waals surface area (Å²) in [4.78, 5) is 4.52. The molecule has 0 atom stereocenters. The summed E-state index contributed by atoms with van der Waals surface area (Å²) in [6.45, 7) is 2.02. The van der Waals surface area contributed by atoms with Gasteiger partial charge in [-0.3, -0.25) is 0 Å². The first-order valence-electron chi connectivity index (χ1n) is 5.37. The molecule has 4 nitrogen and oxygen atoms in total. The molecule has 1 fully saturated rings. The molecule has 15 heavy (non-hydrogen) atoms. The standard InChI is InChI=1S/C11H14N4/c1-7-5-6-9(12)11-13-10(14-15(7)11)8-3-2-4-8/h5-6,8H,2-4,12H2,1H3. The second kappa shape index (κ2) is 2.95. The number of anilines is 1. The number of hydrogen-bond acceptors (Lipinski definition) is 3. The van der Waals surface area contributed by atoms with Crippen LogP contribution in [0.3, 0.4) is 0 Å². The van der Waals surface area contributed by atoms with E-state index in [1.165, 1.54) is 19.3 Å². The molecule has 0 saturated heterocycles. The third-order valence-electron chi connectivity index (χ3n) is 3.19. The maximum atomic E-state index is 5.87. The van der Waals surface area contributed by atoms with E-state index in [2.05, 4.69) is 10.1 Å². The average molecular weight is 202 g/mol. The zero-order valence-corrected chi connectivity index (χ0v) is 8.77. The lowest BCUT2D eigenvalue weighted by molar-refractivity contribution is 0.401. The molecule has 0 amide bonds. The van der Waals surface area contributed by atoms with Crippen molar-refractivity contribution in [3.05, 3.63) is 23.7 Å². The molecule has 78 valence electrons. The van der Waals surface area contributed by atoms with Crippen LogP contribution in [-0.4, -0.2) is 14.6 Å². The molecule has 0 aliphatic heterocycles. The Morgan fingerprint density at radius 1 is 1.40 bits per heavy atom. The van der Waals surface area contributed by atoms with Crippen LogP contribution in [0.15, 0.2) is 12.1 Å². The summed E-state index contributed by atoms with van der Waals surface area (Å²) in [5.41, 5.74) is 8.47. The molecule has 2 aromatic heterocycles. The van der Waals surface area contributed by atoms with Gasteiger partial charge in [-0.05, 0) is 31.9 Å². The maximum Gasteiger partial charge on any atom is 0.178 e. The fourth-order valence-electron chi connectivity index (χ4n) is 1.96. The summed E-state index contributed by atoms with van der Waals surface area (Å²) >= 11 is 0. The van der Waals surface area contributed by atoms with Crippen molar-refractivity contribution < 1.29 is 0 Å². The van der Waals surface area contributed by atoms with Crippen LogP contribution in [0.1, 0.15) is 36.7 Å². The first-order chi connectivity index (χ1) is 7.25. The molecule has 2 heterocycles. The molecule has 0 aromatic carbocycles. The highest BCUT2D eigenvalue weighted by Crippen LogP contribution is 2.34. The van der Waals surface area contributed by atoms with E-state index < -0.39 is 0 Å². The minimum absolute atomic E-state index is 0.559. The summed E-state index contributed by atoms with van der Waals surface area (Å²) in [5, 5.41) is 4.52. The highest BCUT2D eigenvalue weighted by Gasteiger charge is 2.24. The Bertz CT molecular complexity index is 472. The van der Waals surface area contributed by atoms with Gasteiger partial charge in [0.1, 0.15) is 0 Å².